The quantitative estimate of drug-likeness (QED) is 0.920. The van der Waals surface area contributed by atoms with Crippen molar-refractivity contribution in [1.82, 2.24) is 15.3 Å². The minimum absolute atomic E-state index is 0.147. The van der Waals surface area contributed by atoms with E-state index in [4.69, 9.17) is 4.74 Å². The minimum Gasteiger partial charge on any atom is -0.378 e. The summed E-state index contributed by atoms with van der Waals surface area (Å²) < 4.78 is 5.32. The molecule has 6 heteroatoms. The molecule has 1 N–H and O–H groups in total. The van der Waals surface area contributed by atoms with Gasteiger partial charge in [0.15, 0.2) is 0 Å². The molecule has 2 aromatic heterocycles. The number of hydrogen-bond acceptors (Lipinski definition) is 5. The van der Waals surface area contributed by atoms with Gasteiger partial charge in [-0.3, -0.25) is 9.78 Å². The van der Waals surface area contributed by atoms with Crippen molar-refractivity contribution >= 4 is 11.7 Å². The van der Waals surface area contributed by atoms with E-state index in [1.54, 1.807) is 18.5 Å². The molecule has 1 fully saturated rings. The van der Waals surface area contributed by atoms with Gasteiger partial charge in [0.2, 0.25) is 0 Å². The summed E-state index contributed by atoms with van der Waals surface area (Å²) in [5, 5.41) is 2.84. The Balaban J connectivity index is 1.58. The first-order valence-electron chi connectivity index (χ1n) is 7.30. The molecule has 22 heavy (non-hydrogen) atoms. The molecule has 0 atom stereocenters. The van der Waals surface area contributed by atoms with Gasteiger partial charge < -0.3 is 15.0 Å². The van der Waals surface area contributed by atoms with E-state index in [1.165, 1.54) is 0 Å². The minimum atomic E-state index is -0.147. The molecule has 1 saturated heterocycles. The highest BCUT2D eigenvalue weighted by Crippen LogP contribution is 2.13. The predicted molar refractivity (Wildman–Crippen MR) is 82.7 cm³/mol. The van der Waals surface area contributed by atoms with Crippen LogP contribution in [0.25, 0.3) is 0 Å². The average molecular weight is 298 g/mol. The van der Waals surface area contributed by atoms with Crippen LogP contribution in [-0.4, -0.2) is 42.2 Å². The number of hydrogen-bond donors (Lipinski definition) is 1. The second kappa shape index (κ2) is 7.00. The predicted octanol–water partition coefficient (Wildman–Crippen LogP) is 1.24. The van der Waals surface area contributed by atoms with Crippen LogP contribution in [-0.2, 0) is 11.3 Å². The Bertz CT molecular complexity index is 610. The Morgan fingerprint density at radius 2 is 2.05 bits per heavy atom. The molecule has 0 spiro atoms. The number of nitrogens with zero attached hydrogens (tertiary/aromatic N) is 3. The summed E-state index contributed by atoms with van der Waals surface area (Å²) in [6, 6.07) is 9.29. The summed E-state index contributed by atoms with van der Waals surface area (Å²) in [6.45, 7) is 3.50. The third kappa shape index (κ3) is 3.59. The lowest BCUT2D eigenvalue weighted by atomic mass is 10.2. The van der Waals surface area contributed by atoms with Crippen LogP contribution in [0.2, 0.25) is 0 Å². The van der Waals surface area contributed by atoms with Gasteiger partial charge >= 0.3 is 0 Å². The molecule has 0 unspecified atom stereocenters. The highest BCUT2D eigenvalue weighted by Gasteiger charge is 2.13. The fourth-order valence-corrected chi connectivity index (χ4v) is 2.28. The molecule has 0 saturated carbocycles. The van der Waals surface area contributed by atoms with Crippen LogP contribution in [0.5, 0.6) is 0 Å². The maximum Gasteiger partial charge on any atom is 0.253 e. The van der Waals surface area contributed by atoms with Crippen molar-refractivity contribution in [3.8, 4) is 0 Å². The molecule has 0 bridgehead atoms. The van der Waals surface area contributed by atoms with Crippen LogP contribution in [0.1, 0.15) is 16.1 Å². The molecule has 1 aliphatic heterocycles. The summed E-state index contributed by atoms with van der Waals surface area (Å²) in [7, 11) is 0. The van der Waals surface area contributed by atoms with E-state index >= 15 is 0 Å². The lowest BCUT2D eigenvalue weighted by molar-refractivity contribution is 0.0950. The Kier molecular flexibility index (Phi) is 4.60. The van der Waals surface area contributed by atoms with Gasteiger partial charge in [-0.05, 0) is 24.3 Å². The van der Waals surface area contributed by atoms with E-state index < -0.39 is 0 Å². The second-order valence-corrected chi connectivity index (χ2v) is 5.01. The Morgan fingerprint density at radius 3 is 2.73 bits per heavy atom. The molecule has 0 aliphatic carbocycles. The molecular formula is C16H18N4O2. The highest BCUT2D eigenvalue weighted by molar-refractivity contribution is 5.93. The van der Waals surface area contributed by atoms with E-state index in [0.717, 1.165) is 24.6 Å². The maximum absolute atomic E-state index is 12.1. The van der Waals surface area contributed by atoms with Crippen LogP contribution >= 0.6 is 0 Å². The summed E-state index contributed by atoms with van der Waals surface area (Å²) in [6.07, 6.45) is 3.32. The molecule has 3 heterocycles. The Hall–Kier alpha value is -2.47. The lowest BCUT2D eigenvalue weighted by Crippen LogP contribution is -2.36. The SMILES string of the molecule is O=C(NCc1ccccn1)c1ccc(N2CCOCC2)nc1. The van der Waals surface area contributed by atoms with Crippen LogP contribution in [0.4, 0.5) is 5.82 Å². The molecule has 114 valence electrons. The van der Waals surface area contributed by atoms with Crippen molar-refractivity contribution in [3.05, 3.63) is 54.0 Å². The summed E-state index contributed by atoms with van der Waals surface area (Å²) in [5.41, 5.74) is 1.38. The van der Waals surface area contributed by atoms with Crippen molar-refractivity contribution in [1.29, 1.82) is 0 Å². The Morgan fingerprint density at radius 1 is 1.18 bits per heavy atom. The van der Waals surface area contributed by atoms with Gasteiger partial charge in [-0.25, -0.2) is 4.98 Å². The van der Waals surface area contributed by atoms with Crippen molar-refractivity contribution < 1.29 is 9.53 Å². The van der Waals surface area contributed by atoms with Gasteiger partial charge in [0.05, 0.1) is 31.0 Å². The number of amides is 1. The number of carbonyl (C=O) groups excluding carboxylic acids is 1. The number of anilines is 1. The molecular weight excluding hydrogens is 280 g/mol. The lowest BCUT2D eigenvalue weighted by Gasteiger charge is -2.27. The van der Waals surface area contributed by atoms with Crippen molar-refractivity contribution in [3.63, 3.8) is 0 Å². The van der Waals surface area contributed by atoms with Crippen LogP contribution < -0.4 is 10.2 Å². The fourth-order valence-electron chi connectivity index (χ4n) is 2.28. The number of aromatic nitrogens is 2. The van der Waals surface area contributed by atoms with Gasteiger partial charge in [-0.1, -0.05) is 6.07 Å². The number of nitrogens with one attached hydrogen (secondary N) is 1. The molecule has 0 aromatic carbocycles. The van der Waals surface area contributed by atoms with Crippen LogP contribution in [0.15, 0.2) is 42.7 Å². The van der Waals surface area contributed by atoms with E-state index in [2.05, 4.69) is 20.2 Å². The molecule has 0 radical (unpaired) electrons. The largest absolute Gasteiger partial charge is 0.378 e. The topological polar surface area (TPSA) is 67.4 Å². The molecule has 3 rings (SSSR count). The normalized spacial score (nSPS) is 14.6. The zero-order valence-corrected chi connectivity index (χ0v) is 12.2. The summed E-state index contributed by atoms with van der Waals surface area (Å²) in [4.78, 5) is 22.8. The zero-order valence-electron chi connectivity index (χ0n) is 12.2. The van der Waals surface area contributed by atoms with E-state index in [0.29, 0.717) is 25.3 Å². The van der Waals surface area contributed by atoms with E-state index in [-0.39, 0.29) is 5.91 Å². The van der Waals surface area contributed by atoms with Crippen LogP contribution in [0.3, 0.4) is 0 Å². The number of rotatable bonds is 4. The van der Waals surface area contributed by atoms with E-state index in [1.807, 2.05) is 24.3 Å². The van der Waals surface area contributed by atoms with Crippen molar-refractivity contribution in [2.45, 2.75) is 6.54 Å². The standard InChI is InChI=1S/C16H18N4O2/c21-16(19-12-14-3-1-2-6-17-14)13-4-5-15(18-11-13)20-7-9-22-10-8-20/h1-6,11H,7-10,12H2,(H,19,21). The highest BCUT2D eigenvalue weighted by atomic mass is 16.5. The average Bonchev–Trinajstić information content (AvgIpc) is 2.61. The zero-order chi connectivity index (χ0) is 15.2. The van der Waals surface area contributed by atoms with Crippen molar-refractivity contribution in [2.75, 3.05) is 31.2 Å². The Labute approximate surface area is 129 Å². The summed E-state index contributed by atoms with van der Waals surface area (Å²) in [5.74, 6) is 0.733. The van der Waals surface area contributed by atoms with Gasteiger partial charge in [-0.15, -0.1) is 0 Å². The summed E-state index contributed by atoms with van der Waals surface area (Å²) >= 11 is 0. The van der Waals surface area contributed by atoms with E-state index in [9.17, 15) is 4.79 Å². The third-order valence-corrected chi connectivity index (χ3v) is 3.50. The molecule has 1 amide bonds. The molecule has 2 aromatic rings. The van der Waals surface area contributed by atoms with Gasteiger partial charge in [-0.2, -0.15) is 0 Å². The first kappa shape index (κ1) is 14.5. The van der Waals surface area contributed by atoms with Crippen LogP contribution in [0, 0.1) is 0 Å². The monoisotopic (exact) mass is 298 g/mol. The number of ether oxygens (including phenoxy) is 1. The number of pyridine rings is 2. The van der Waals surface area contributed by atoms with Gasteiger partial charge in [0, 0.05) is 25.5 Å². The fraction of sp³-hybridized carbons (Fsp3) is 0.312. The van der Waals surface area contributed by atoms with Gasteiger partial charge in [0.25, 0.3) is 5.91 Å². The smallest absolute Gasteiger partial charge is 0.253 e. The molecule has 6 nitrogen and oxygen atoms in total. The van der Waals surface area contributed by atoms with Gasteiger partial charge in [0.1, 0.15) is 5.82 Å². The first-order valence-corrected chi connectivity index (χ1v) is 7.30. The number of morpholine rings is 1. The first-order chi connectivity index (χ1) is 10.8. The maximum atomic E-state index is 12.1. The molecule has 1 aliphatic rings. The third-order valence-electron chi connectivity index (χ3n) is 3.50. The second-order valence-electron chi connectivity index (χ2n) is 5.01. The number of carbonyl (C=O) groups is 1. The van der Waals surface area contributed by atoms with Crippen molar-refractivity contribution in [2.24, 2.45) is 0 Å².